The van der Waals surface area contributed by atoms with Crippen molar-refractivity contribution >= 4 is 17.8 Å². The van der Waals surface area contributed by atoms with Gasteiger partial charge in [0, 0.05) is 15.8 Å². The highest BCUT2D eigenvalue weighted by Crippen LogP contribution is 2.92. The van der Waals surface area contributed by atoms with Gasteiger partial charge in [0.1, 0.15) is 7.14 Å². The van der Waals surface area contributed by atoms with Gasteiger partial charge in [-0.05, 0) is 67.1 Å². The first kappa shape index (κ1) is 14.7. The second-order valence-electron chi connectivity index (χ2n) is 9.54. The Morgan fingerprint density at radius 1 is 0.692 bits per heavy atom. The summed E-state index contributed by atoms with van der Waals surface area (Å²) in [6.07, 6.45) is 5.53. The van der Waals surface area contributed by atoms with Crippen LogP contribution < -0.4 is 10.6 Å². The molecule has 0 radical (unpaired) electrons. The maximum Gasteiger partial charge on any atom is 0.149 e. The normalized spacial score (nSPS) is 46.5. The minimum atomic E-state index is -2.66. The van der Waals surface area contributed by atoms with Crippen molar-refractivity contribution in [1.29, 1.82) is 0 Å². The van der Waals surface area contributed by atoms with Gasteiger partial charge >= 0.3 is 0 Å². The molecule has 0 saturated heterocycles. The average molecular weight is 360 g/mol. The van der Waals surface area contributed by atoms with E-state index in [0.29, 0.717) is 0 Å². The summed E-state index contributed by atoms with van der Waals surface area (Å²) in [5.41, 5.74) is 0. The summed E-state index contributed by atoms with van der Waals surface area (Å²) < 4.78 is 15.4. The summed E-state index contributed by atoms with van der Waals surface area (Å²) in [4.78, 5) is 0. The largest absolute Gasteiger partial charge is 0.313 e. The first-order valence-corrected chi connectivity index (χ1v) is 12.2. The Kier molecular flexibility index (Phi) is 2.58. The number of rotatable bonds is 3. The minimum absolute atomic E-state index is 0.0941. The second-order valence-corrected chi connectivity index (χ2v) is 12.6. The molecule has 6 fully saturated rings. The molecule has 0 amide bonds. The zero-order valence-electron chi connectivity index (χ0n) is 15.0. The highest BCUT2D eigenvalue weighted by atomic mass is 31.2. The van der Waals surface area contributed by atoms with E-state index in [0.717, 1.165) is 52.0 Å². The highest BCUT2D eigenvalue weighted by molar-refractivity contribution is 7.80. The van der Waals surface area contributed by atoms with Crippen molar-refractivity contribution in [2.24, 2.45) is 41.4 Å². The second kappa shape index (κ2) is 4.56. The molecule has 2 aromatic carbocycles. The van der Waals surface area contributed by atoms with Crippen LogP contribution in [0.4, 0.5) is 0 Å². The molecule has 8 bridgehead atoms. The van der Waals surface area contributed by atoms with E-state index in [1.54, 1.807) is 0 Å². The Hall–Kier alpha value is -1.33. The molecule has 8 rings (SSSR count). The lowest BCUT2D eigenvalue weighted by Gasteiger charge is -2.51. The van der Waals surface area contributed by atoms with E-state index in [9.17, 15) is 0 Å². The molecule has 6 saturated carbocycles. The maximum atomic E-state index is 15.4. The fourth-order valence-corrected chi connectivity index (χ4v) is 14.2. The van der Waals surface area contributed by atoms with Gasteiger partial charge in [0.05, 0.1) is 0 Å². The summed E-state index contributed by atoms with van der Waals surface area (Å²) in [6, 6.07) is 21.2. The van der Waals surface area contributed by atoms with Crippen LogP contribution >= 0.6 is 7.14 Å². The van der Waals surface area contributed by atoms with Gasteiger partial charge < -0.3 is 4.57 Å². The Morgan fingerprint density at radius 3 is 1.62 bits per heavy atom. The van der Waals surface area contributed by atoms with Crippen LogP contribution in [0.15, 0.2) is 60.7 Å². The van der Waals surface area contributed by atoms with Crippen LogP contribution in [0.3, 0.4) is 0 Å². The monoisotopic (exact) mass is 360 g/mol. The van der Waals surface area contributed by atoms with Gasteiger partial charge in [-0.2, -0.15) is 0 Å². The quantitative estimate of drug-likeness (QED) is 0.727. The SMILES string of the molecule is O=P(c1ccccc1)(c1ccccc1)C12C3CCC4C3C3C(CCC31)C42. The van der Waals surface area contributed by atoms with Crippen LogP contribution in [-0.2, 0) is 4.57 Å². The van der Waals surface area contributed by atoms with E-state index < -0.39 is 7.14 Å². The topological polar surface area (TPSA) is 17.1 Å². The Balaban J connectivity index is 1.55. The lowest BCUT2D eigenvalue weighted by molar-refractivity contribution is 0.168. The molecule has 0 spiro atoms. The first-order chi connectivity index (χ1) is 12.8. The van der Waals surface area contributed by atoms with Crippen LogP contribution in [0.5, 0.6) is 0 Å². The Morgan fingerprint density at radius 2 is 1.15 bits per heavy atom. The molecule has 6 aliphatic carbocycles. The first-order valence-electron chi connectivity index (χ1n) is 10.5. The van der Waals surface area contributed by atoms with Crippen molar-refractivity contribution < 1.29 is 4.57 Å². The van der Waals surface area contributed by atoms with Crippen molar-refractivity contribution in [2.45, 2.75) is 30.8 Å². The standard InChI is InChI=1S/C24H25OP/c25-26(15-7-3-1-4-8-15,16-9-5-2-6-10-16)24-19-13-11-17-21(19)22-18(23(17)24)12-14-20(22)24/h1-10,17-23H,11-14H2. The van der Waals surface area contributed by atoms with Crippen LogP contribution in [0, 0.1) is 41.4 Å². The van der Waals surface area contributed by atoms with Crippen molar-refractivity contribution in [3.63, 3.8) is 0 Å². The summed E-state index contributed by atoms with van der Waals surface area (Å²) in [5, 5.41) is 2.36. The molecule has 6 atom stereocenters. The van der Waals surface area contributed by atoms with E-state index in [2.05, 4.69) is 60.7 Å². The van der Waals surface area contributed by atoms with Crippen molar-refractivity contribution in [3.05, 3.63) is 60.7 Å². The molecule has 0 heterocycles. The Bertz CT molecular complexity index is 866. The van der Waals surface area contributed by atoms with Crippen molar-refractivity contribution in [2.75, 3.05) is 0 Å². The third-order valence-corrected chi connectivity index (χ3v) is 13.5. The molecular formula is C24H25OP. The van der Waals surface area contributed by atoms with Crippen LogP contribution in [0.25, 0.3) is 0 Å². The number of hydrogen-bond acceptors (Lipinski definition) is 1. The lowest BCUT2D eigenvalue weighted by Crippen LogP contribution is -2.51. The van der Waals surface area contributed by atoms with Crippen LogP contribution in [0.1, 0.15) is 25.7 Å². The van der Waals surface area contributed by atoms with Gasteiger partial charge in [-0.15, -0.1) is 0 Å². The third-order valence-electron chi connectivity index (χ3n) is 9.41. The van der Waals surface area contributed by atoms with Gasteiger partial charge in [-0.25, -0.2) is 0 Å². The zero-order chi connectivity index (χ0) is 17.1. The molecule has 26 heavy (non-hydrogen) atoms. The molecule has 132 valence electrons. The molecule has 2 aromatic rings. The van der Waals surface area contributed by atoms with Crippen LogP contribution in [0.2, 0.25) is 0 Å². The van der Waals surface area contributed by atoms with Crippen molar-refractivity contribution in [3.8, 4) is 0 Å². The fourth-order valence-electron chi connectivity index (χ4n) is 9.46. The van der Waals surface area contributed by atoms with E-state index in [-0.39, 0.29) is 5.16 Å². The van der Waals surface area contributed by atoms with Gasteiger partial charge in [-0.1, -0.05) is 60.7 Å². The third kappa shape index (κ3) is 1.27. The molecule has 2 heteroatoms. The van der Waals surface area contributed by atoms with Gasteiger partial charge in [-0.3, -0.25) is 0 Å². The maximum absolute atomic E-state index is 15.4. The molecule has 1 nitrogen and oxygen atoms in total. The smallest absolute Gasteiger partial charge is 0.149 e. The van der Waals surface area contributed by atoms with Gasteiger partial charge in [0.2, 0.25) is 0 Å². The molecule has 0 aliphatic heterocycles. The average Bonchev–Trinajstić information content (AvgIpc) is 3.50. The van der Waals surface area contributed by atoms with Crippen molar-refractivity contribution in [1.82, 2.24) is 0 Å². The van der Waals surface area contributed by atoms with E-state index in [1.807, 2.05) is 0 Å². The molecule has 6 aliphatic rings. The molecule has 6 unspecified atom stereocenters. The van der Waals surface area contributed by atoms with Gasteiger partial charge in [0.15, 0.2) is 0 Å². The number of benzene rings is 2. The molecule has 0 N–H and O–H groups in total. The predicted octanol–water partition coefficient (Wildman–Crippen LogP) is 4.68. The summed E-state index contributed by atoms with van der Waals surface area (Å²) in [6.45, 7) is 0. The highest BCUT2D eigenvalue weighted by Gasteiger charge is 2.87. The van der Waals surface area contributed by atoms with Crippen LogP contribution in [-0.4, -0.2) is 5.16 Å². The van der Waals surface area contributed by atoms with Gasteiger partial charge in [0.25, 0.3) is 0 Å². The molecular weight excluding hydrogens is 335 g/mol. The fraction of sp³-hybridized carbons (Fsp3) is 0.500. The molecule has 0 aromatic heterocycles. The summed E-state index contributed by atoms with van der Waals surface area (Å²) in [7, 11) is -2.66. The van der Waals surface area contributed by atoms with E-state index in [1.165, 1.54) is 25.7 Å². The predicted molar refractivity (Wildman–Crippen MR) is 105 cm³/mol. The lowest BCUT2D eigenvalue weighted by atomic mass is 9.70. The number of hydrogen-bond donors (Lipinski definition) is 0. The Labute approximate surface area is 155 Å². The van der Waals surface area contributed by atoms with E-state index in [4.69, 9.17) is 0 Å². The zero-order valence-corrected chi connectivity index (χ0v) is 15.9. The van der Waals surface area contributed by atoms with E-state index >= 15 is 4.57 Å². The summed E-state index contributed by atoms with van der Waals surface area (Å²) in [5.74, 6) is 5.84. The summed E-state index contributed by atoms with van der Waals surface area (Å²) >= 11 is 0. The minimum Gasteiger partial charge on any atom is -0.313 e.